The Kier molecular flexibility index (Phi) is 9.46. The number of halogens is 3. The Bertz CT molecular complexity index is 1180. The van der Waals surface area contributed by atoms with Crippen LogP contribution in [-0.4, -0.2) is 30.4 Å². The van der Waals surface area contributed by atoms with Crippen LogP contribution in [0.5, 0.6) is 11.5 Å². The van der Waals surface area contributed by atoms with E-state index in [2.05, 4.69) is 12.1 Å². The first-order chi connectivity index (χ1) is 16.3. The second kappa shape index (κ2) is 11.9. The molecule has 0 spiro atoms. The highest BCUT2D eigenvalue weighted by Gasteiger charge is 2.37. The van der Waals surface area contributed by atoms with Gasteiger partial charge in [-0.05, 0) is 60.7 Å². The fraction of sp³-hybridized carbons (Fsp3) is 0.130. The van der Waals surface area contributed by atoms with E-state index in [0.29, 0.717) is 11.5 Å². The maximum absolute atomic E-state index is 11.1. The molecule has 0 saturated carbocycles. The maximum atomic E-state index is 11.1. The van der Waals surface area contributed by atoms with E-state index in [1.807, 2.05) is 42.5 Å². The Balaban J connectivity index is 0.000000466. The molecule has 0 unspecified atom stereocenters. The van der Waals surface area contributed by atoms with Crippen LogP contribution >= 0.6 is 0 Å². The van der Waals surface area contributed by atoms with E-state index in [0.717, 1.165) is 14.7 Å². The molecule has 0 aliphatic carbocycles. The number of benzene rings is 3. The van der Waals surface area contributed by atoms with Crippen molar-refractivity contribution in [3.8, 4) is 11.5 Å². The molecule has 0 heterocycles. The van der Waals surface area contributed by atoms with Gasteiger partial charge in [0.2, 0.25) is 0 Å². The topological polar surface area (TPSA) is 110 Å². The molecule has 0 amide bonds. The second-order valence-electron chi connectivity index (χ2n) is 6.65. The van der Waals surface area contributed by atoms with E-state index in [9.17, 15) is 22.8 Å². The molecule has 0 fully saturated rings. The Morgan fingerprint density at radius 1 is 0.714 bits per heavy atom. The Morgan fingerprint density at radius 2 is 1.03 bits per heavy atom. The Hall–Kier alpha value is -3.35. The van der Waals surface area contributed by atoms with Gasteiger partial charge < -0.3 is 14.0 Å². The monoisotopic (exact) mass is 528 g/mol. The van der Waals surface area contributed by atoms with Crippen molar-refractivity contribution in [1.82, 2.24) is 0 Å². The van der Waals surface area contributed by atoms with E-state index in [1.165, 1.54) is 13.8 Å². The first-order valence-electron chi connectivity index (χ1n) is 9.66. The van der Waals surface area contributed by atoms with Gasteiger partial charge in [0.25, 0.3) is 0 Å². The van der Waals surface area contributed by atoms with Crippen LogP contribution in [0.1, 0.15) is 13.8 Å². The van der Waals surface area contributed by atoms with Crippen molar-refractivity contribution in [2.75, 3.05) is 0 Å². The summed E-state index contributed by atoms with van der Waals surface area (Å²) in [6, 6.07) is 25.2. The number of carbonyl (C=O) groups excluding carboxylic acids is 2. The number of rotatable bonds is 5. The van der Waals surface area contributed by atoms with Gasteiger partial charge in [0, 0.05) is 13.8 Å². The normalized spacial score (nSPS) is 11.3. The maximum Gasteiger partial charge on any atom is 0.485 e. The molecule has 0 aliphatic heterocycles. The molecule has 0 saturated heterocycles. The lowest BCUT2D eigenvalue weighted by atomic mass is 10.3. The van der Waals surface area contributed by atoms with Gasteiger partial charge in [-0.3, -0.25) is 9.59 Å². The summed E-state index contributed by atoms with van der Waals surface area (Å²) in [7, 11) is -6.43. The average Bonchev–Trinajstić information content (AvgIpc) is 2.75. The van der Waals surface area contributed by atoms with E-state index >= 15 is 0 Å². The first-order valence-corrected chi connectivity index (χ1v) is 12.3. The average molecular weight is 529 g/mol. The zero-order valence-corrected chi connectivity index (χ0v) is 19.9. The largest absolute Gasteiger partial charge is 0.741 e. The van der Waals surface area contributed by atoms with Gasteiger partial charge in [-0.15, -0.1) is 0 Å². The van der Waals surface area contributed by atoms with Crippen molar-refractivity contribution < 1.29 is 45.2 Å². The Labute approximate surface area is 202 Å². The first kappa shape index (κ1) is 27.9. The van der Waals surface area contributed by atoms with E-state index in [-0.39, 0.29) is 22.8 Å². The highest BCUT2D eigenvalue weighted by atomic mass is 32.2. The van der Waals surface area contributed by atoms with Gasteiger partial charge in [-0.1, -0.05) is 18.2 Å². The van der Waals surface area contributed by atoms with Gasteiger partial charge >= 0.3 is 17.4 Å². The summed E-state index contributed by atoms with van der Waals surface area (Å²) in [6.45, 7) is 2.76. The summed E-state index contributed by atoms with van der Waals surface area (Å²) in [5.74, 6) is 0.359. The lowest BCUT2D eigenvalue weighted by Gasteiger charge is -2.09. The molecule has 186 valence electrons. The van der Waals surface area contributed by atoms with Gasteiger partial charge in [-0.25, -0.2) is 8.42 Å². The van der Waals surface area contributed by atoms with Crippen molar-refractivity contribution in [1.29, 1.82) is 0 Å². The van der Waals surface area contributed by atoms with Crippen molar-refractivity contribution in [3.05, 3.63) is 78.9 Å². The van der Waals surface area contributed by atoms with Crippen molar-refractivity contribution in [2.24, 2.45) is 0 Å². The fourth-order valence-corrected chi connectivity index (χ4v) is 4.65. The number of ether oxygens (including phenoxy) is 2. The summed E-state index contributed by atoms with van der Waals surface area (Å²) in [5, 5.41) is 0. The molecule has 3 rings (SSSR count). The van der Waals surface area contributed by atoms with Crippen LogP contribution in [0.15, 0.2) is 93.5 Å². The lowest BCUT2D eigenvalue weighted by molar-refractivity contribution is -0.132. The third-order valence-corrected chi connectivity index (χ3v) is 6.70. The molecule has 7 nitrogen and oxygen atoms in total. The molecular formula is C23H19F3O7S2. The van der Waals surface area contributed by atoms with Crippen LogP contribution in [0.4, 0.5) is 13.2 Å². The van der Waals surface area contributed by atoms with Gasteiger partial charge in [0.15, 0.2) is 24.8 Å². The number of hydrogen-bond acceptors (Lipinski definition) is 7. The van der Waals surface area contributed by atoms with Crippen molar-refractivity contribution >= 4 is 33.0 Å². The third kappa shape index (κ3) is 8.74. The number of carbonyl (C=O) groups is 2. The zero-order chi connectivity index (χ0) is 26.2. The van der Waals surface area contributed by atoms with Gasteiger partial charge in [0.05, 0.1) is 10.9 Å². The molecule has 0 aliphatic rings. The minimum absolute atomic E-state index is 0.338. The molecule has 0 atom stereocenters. The Morgan fingerprint density at radius 3 is 1.31 bits per heavy atom. The highest BCUT2D eigenvalue weighted by molar-refractivity contribution is 7.97. The molecule has 12 heteroatoms. The zero-order valence-electron chi connectivity index (χ0n) is 18.3. The second-order valence-corrected chi connectivity index (χ2v) is 10.0. The molecule has 0 radical (unpaired) electrons. The summed E-state index contributed by atoms with van der Waals surface area (Å²) in [5.41, 5.74) is -5.65. The van der Waals surface area contributed by atoms with Gasteiger partial charge in [-0.2, -0.15) is 13.2 Å². The SMILES string of the molecule is CC(=O)Oc1ccc([S+](c2ccccc2)c2ccc(OC(C)=O)cc2)cc1.O=S(=O)([O-])C(F)(F)F. The summed E-state index contributed by atoms with van der Waals surface area (Å²) < 4.78 is 69.2. The predicted octanol–water partition coefficient (Wildman–Crippen LogP) is 4.68. The van der Waals surface area contributed by atoms with Crippen molar-refractivity contribution in [2.45, 2.75) is 34.0 Å². The van der Waals surface area contributed by atoms with E-state index in [1.54, 1.807) is 24.3 Å². The van der Waals surface area contributed by atoms with Crippen LogP contribution in [0, 0.1) is 0 Å². The van der Waals surface area contributed by atoms with Gasteiger partial charge in [0.1, 0.15) is 11.5 Å². The molecule has 35 heavy (non-hydrogen) atoms. The molecule has 3 aromatic rings. The smallest absolute Gasteiger partial charge is 0.485 e. The summed E-state index contributed by atoms with van der Waals surface area (Å²) in [4.78, 5) is 25.6. The summed E-state index contributed by atoms with van der Waals surface area (Å²) >= 11 is 0. The predicted molar refractivity (Wildman–Crippen MR) is 120 cm³/mol. The number of esters is 2. The molecule has 0 N–H and O–H groups in total. The van der Waals surface area contributed by atoms with Crippen LogP contribution in [-0.2, 0) is 30.6 Å². The van der Waals surface area contributed by atoms with E-state index in [4.69, 9.17) is 22.4 Å². The highest BCUT2D eigenvalue weighted by Crippen LogP contribution is 2.33. The fourth-order valence-electron chi connectivity index (χ4n) is 2.58. The van der Waals surface area contributed by atoms with Crippen LogP contribution in [0.25, 0.3) is 0 Å². The van der Waals surface area contributed by atoms with Crippen molar-refractivity contribution in [3.63, 3.8) is 0 Å². The minimum atomic E-state index is -6.09. The molecule has 0 bridgehead atoms. The summed E-state index contributed by atoms with van der Waals surface area (Å²) in [6.07, 6.45) is 0. The molecule has 0 aromatic heterocycles. The minimum Gasteiger partial charge on any atom is -0.741 e. The quantitative estimate of drug-likeness (QED) is 0.155. The molecule has 3 aromatic carbocycles. The number of hydrogen-bond donors (Lipinski definition) is 0. The number of alkyl halides is 3. The molecular weight excluding hydrogens is 509 g/mol. The van der Waals surface area contributed by atoms with Crippen LogP contribution < -0.4 is 9.47 Å². The lowest BCUT2D eigenvalue weighted by Crippen LogP contribution is -2.21. The van der Waals surface area contributed by atoms with Crippen LogP contribution in [0.3, 0.4) is 0 Å². The van der Waals surface area contributed by atoms with Crippen LogP contribution in [0.2, 0.25) is 0 Å². The van der Waals surface area contributed by atoms with E-state index < -0.39 is 15.6 Å². The standard InChI is InChI=1S/C22H19O4S.CHF3O3S/c1-16(23)25-18-8-12-21(13-9-18)27(20-6-4-3-5-7-20)22-14-10-19(11-15-22)26-17(2)24;2-1(3,4)8(5,6)7/h3-15H,1-2H3;(H,5,6,7)/q+1;/p-1. The third-order valence-electron chi connectivity index (χ3n) is 3.90.